The normalized spacial score (nSPS) is 24.1. The SMILES string of the molecule is COC(=O)c1ccccc1O[C@@H]1OC(C(=O)OC)[C@@H](OC(C)=O)C(OC(C)=O)C1OC(C)=O. The van der Waals surface area contributed by atoms with Crippen LogP contribution in [0.15, 0.2) is 24.3 Å². The van der Waals surface area contributed by atoms with Gasteiger partial charge in [-0.15, -0.1) is 0 Å². The summed E-state index contributed by atoms with van der Waals surface area (Å²) in [6.45, 7) is 3.22. The quantitative estimate of drug-likeness (QED) is 0.406. The minimum absolute atomic E-state index is 0.00550. The molecule has 180 valence electrons. The summed E-state index contributed by atoms with van der Waals surface area (Å²) in [4.78, 5) is 59.8. The zero-order chi connectivity index (χ0) is 24.7. The van der Waals surface area contributed by atoms with Crippen molar-refractivity contribution in [3.63, 3.8) is 0 Å². The molecule has 0 bridgehead atoms. The van der Waals surface area contributed by atoms with Crippen LogP contribution < -0.4 is 4.74 Å². The number of esters is 5. The number of methoxy groups -OCH3 is 2. The molecule has 33 heavy (non-hydrogen) atoms. The second kappa shape index (κ2) is 11.3. The van der Waals surface area contributed by atoms with E-state index in [-0.39, 0.29) is 11.3 Å². The van der Waals surface area contributed by atoms with E-state index in [0.717, 1.165) is 27.9 Å². The molecule has 0 radical (unpaired) electrons. The Morgan fingerprint density at radius 1 is 0.758 bits per heavy atom. The molecule has 5 atom stereocenters. The molecule has 0 aromatic heterocycles. The van der Waals surface area contributed by atoms with Gasteiger partial charge in [-0.1, -0.05) is 12.1 Å². The zero-order valence-electron chi connectivity index (χ0n) is 18.6. The molecule has 1 saturated heterocycles. The van der Waals surface area contributed by atoms with Crippen molar-refractivity contribution in [1.82, 2.24) is 0 Å². The van der Waals surface area contributed by atoms with Gasteiger partial charge in [-0.25, -0.2) is 9.59 Å². The van der Waals surface area contributed by atoms with Crippen molar-refractivity contribution in [2.45, 2.75) is 51.5 Å². The van der Waals surface area contributed by atoms with Gasteiger partial charge < -0.3 is 33.2 Å². The molecule has 1 aliphatic rings. The van der Waals surface area contributed by atoms with Gasteiger partial charge in [0, 0.05) is 20.8 Å². The summed E-state index contributed by atoms with van der Waals surface area (Å²) in [6, 6.07) is 5.93. The van der Waals surface area contributed by atoms with Crippen molar-refractivity contribution < 1.29 is 57.1 Å². The molecule has 0 amide bonds. The summed E-state index contributed by atoms with van der Waals surface area (Å²) in [5.74, 6) is -4.21. The van der Waals surface area contributed by atoms with Gasteiger partial charge in [0.15, 0.2) is 18.3 Å². The third kappa shape index (κ3) is 6.42. The summed E-state index contributed by atoms with van der Waals surface area (Å²) in [5, 5.41) is 0. The zero-order valence-corrected chi connectivity index (χ0v) is 18.6. The van der Waals surface area contributed by atoms with Gasteiger partial charge in [-0.05, 0) is 12.1 Å². The van der Waals surface area contributed by atoms with Crippen molar-refractivity contribution in [3.8, 4) is 5.75 Å². The fraction of sp³-hybridized carbons (Fsp3) is 0.476. The Kier molecular flexibility index (Phi) is 8.74. The first kappa shape index (κ1) is 25.6. The molecular formula is C21H24O12. The average Bonchev–Trinajstić information content (AvgIpc) is 2.75. The largest absolute Gasteiger partial charge is 0.467 e. The number of rotatable bonds is 7. The van der Waals surface area contributed by atoms with Crippen LogP contribution in [0.25, 0.3) is 0 Å². The maximum absolute atomic E-state index is 12.4. The van der Waals surface area contributed by atoms with Crippen molar-refractivity contribution in [1.29, 1.82) is 0 Å². The number of ether oxygens (including phenoxy) is 7. The lowest BCUT2D eigenvalue weighted by Crippen LogP contribution is -2.64. The Morgan fingerprint density at radius 2 is 1.30 bits per heavy atom. The van der Waals surface area contributed by atoms with E-state index in [4.69, 9.17) is 33.2 Å². The van der Waals surface area contributed by atoms with E-state index in [9.17, 15) is 24.0 Å². The van der Waals surface area contributed by atoms with Gasteiger partial charge in [-0.3, -0.25) is 14.4 Å². The molecule has 0 spiro atoms. The van der Waals surface area contributed by atoms with E-state index in [1.807, 2.05) is 0 Å². The lowest BCUT2D eigenvalue weighted by Gasteiger charge is -2.43. The van der Waals surface area contributed by atoms with E-state index in [0.29, 0.717) is 0 Å². The van der Waals surface area contributed by atoms with Gasteiger partial charge in [0.1, 0.15) is 11.3 Å². The molecule has 3 unspecified atom stereocenters. The second-order valence-corrected chi connectivity index (χ2v) is 6.78. The molecule has 0 saturated carbocycles. The van der Waals surface area contributed by atoms with Gasteiger partial charge >= 0.3 is 29.8 Å². The van der Waals surface area contributed by atoms with Crippen LogP contribution in [0.2, 0.25) is 0 Å². The molecule has 12 heteroatoms. The first-order chi connectivity index (χ1) is 15.6. The average molecular weight is 468 g/mol. The third-order valence-electron chi connectivity index (χ3n) is 4.37. The number of hydrogen-bond acceptors (Lipinski definition) is 12. The molecule has 1 heterocycles. The lowest BCUT2D eigenvalue weighted by atomic mass is 9.97. The molecule has 1 fully saturated rings. The number of carbonyl (C=O) groups is 5. The van der Waals surface area contributed by atoms with Gasteiger partial charge in [0.05, 0.1) is 14.2 Å². The fourth-order valence-electron chi connectivity index (χ4n) is 3.15. The topological polar surface area (TPSA) is 150 Å². The van der Waals surface area contributed by atoms with Crippen LogP contribution in [0.1, 0.15) is 31.1 Å². The van der Waals surface area contributed by atoms with Crippen LogP contribution in [0, 0.1) is 0 Å². The Balaban J connectivity index is 2.56. The number of para-hydroxylation sites is 1. The second-order valence-electron chi connectivity index (χ2n) is 6.78. The molecule has 2 rings (SSSR count). The predicted molar refractivity (Wildman–Crippen MR) is 106 cm³/mol. The fourth-order valence-corrected chi connectivity index (χ4v) is 3.15. The van der Waals surface area contributed by atoms with Crippen molar-refractivity contribution in [3.05, 3.63) is 29.8 Å². The summed E-state index contributed by atoms with van der Waals surface area (Å²) < 4.78 is 36.6. The highest BCUT2D eigenvalue weighted by Gasteiger charge is 2.56. The van der Waals surface area contributed by atoms with E-state index in [2.05, 4.69) is 0 Å². The van der Waals surface area contributed by atoms with E-state index in [1.54, 1.807) is 12.1 Å². The van der Waals surface area contributed by atoms with Crippen LogP contribution in [0.5, 0.6) is 5.75 Å². The summed E-state index contributed by atoms with van der Waals surface area (Å²) >= 11 is 0. The van der Waals surface area contributed by atoms with Crippen molar-refractivity contribution in [2.75, 3.05) is 14.2 Å². The van der Waals surface area contributed by atoms with Gasteiger partial charge in [0.25, 0.3) is 0 Å². The molecule has 1 aliphatic heterocycles. The predicted octanol–water partition coefficient (Wildman–Crippen LogP) is 0.545. The van der Waals surface area contributed by atoms with Crippen molar-refractivity contribution in [2.24, 2.45) is 0 Å². The maximum atomic E-state index is 12.4. The first-order valence-electron chi connectivity index (χ1n) is 9.68. The molecule has 1 aromatic carbocycles. The highest BCUT2D eigenvalue weighted by Crippen LogP contribution is 2.32. The minimum Gasteiger partial charge on any atom is -0.467 e. The third-order valence-corrected chi connectivity index (χ3v) is 4.37. The smallest absolute Gasteiger partial charge is 0.341 e. The lowest BCUT2D eigenvalue weighted by molar-refractivity contribution is -0.282. The first-order valence-corrected chi connectivity index (χ1v) is 9.68. The number of carbonyl (C=O) groups excluding carboxylic acids is 5. The Bertz CT molecular complexity index is 910. The van der Waals surface area contributed by atoms with Crippen LogP contribution in [-0.4, -0.2) is 74.8 Å². The van der Waals surface area contributed by atoms with Gasteiger partial charge in [-0.2, -0.15) is 0 Å². The minimum atomic E-state index is -1.62. The standard InChI is InChI=1S/C21H24O12/c1-10(22)29-15-16(30-11(2)23)18(31-12(3)24)21(33-17(15)20(26)28-5)32-14-9-7-6-8-13(14)19(25)27-4/h6-9,15-18,21H,1-5H3/t15-,16?,17?,18?,21+/m0/s1. The summed E-state index contributed by atoms with van der Waals surface area (Å²) in [5.41, 5.74) is 0.00550. The van der Waals surface area contributed by atoms with E-state index in [1.165, 1.54) is 19.2 Å². The number of benzene rings is 1. The van der Waals surface area contributed by atoms with E-state index < -0.39 is 60.6 Å². The molecular weight excluding hydrogens is 444 g/mol. The molecule has 0 N–H and O–H groups in total. The highest BCUT2D eigenvalue weighted by molar-refractivity contribution is 5.92. The van der Waals surface area contributed by atoms with Crippen LogP contribution in [-0.2, 0) is 47.6 Å². The summed E-state index contributed by atoms with van der Waals surface area (Å²) in [7, 11) is 2.24. The monoisotopic (exact) mass is 468 g/mol. The Labute approximate surface area is 189 Å². The van der Waals surface area contributed by atoms with Crippen LogP contribution >= 0.6 is 0 Å². The van der Waals surface area contributed by atoms with Gasteiger partial charge in [0.2, 0.25) is 12.4 Å². The van der Waals surface area contributed by atoms with E-state index >= 15 is 0 Å². The van der Waals surface area contributed by atoms with Crippen LogP contribution in [0.4, 0.5) is 0 Å². The Morgan fingerprint density at radius 3 is 1.85 bits per heavy atom. The maximum Gasteiger partial charge on any atom is 0.341 e. The number of hydrogen-bond donors (Lipinski definition) is 0. The van der Waals surface area contributed by atoms with Crippen molar-refractivity contribution >= 4 is 29.8 Å². The Hall–Kier alpha value is -3.67. The van der Waals surface area contributed by atoms with Crippen LogP contribution in [0.3, 0.4) is 0 Å². The highest BCUT2D eigenvalue weighted by atomic mass is 16.7. The molecule has 0 aliphatic carbocycles. The summed E-state index contributed by atoms with van der Waals surface area (Å²) in [6.07, 6.45) is -7.74. The molecule has 1 aromatic rings. The molecule has 12 nitrogen and oxygen atoms in total.